The maximum absolute atomic E-state index is 7.32. The van der Waals surface area contributed by atoms with Gasteiger partial charge in [-0.3, -0.25) is 0 Å². The third kappa shape index (κ3) is 4.60. The van der Waals surface area contributed by atoms with E-state index in [0.717, 1.165) is 12.8 Å². The summed E-state index contributed by atoms with van der Waals surface area (Å²) in [5, 5.41) is 17.1. The summed E-state index contributed by atoms with van der Waals surface area (Å²) in [7, 11) is 1.77. The van der Waals surface area contributed by atoms with Gasteiger partial charge in [-0.2, -0.15) is 4.98 Å². The summed E-state index contributed by atoms with van der Waals surface area (Å²) < 4.78 is 0. The van der Waals surface area contributed by atoms with E-state index in [2.05, 4.69) is 25.9 Å². The minimum atomic E-state index is 0.419. The molecule has 2 rings (SSSR count). The predicted molar refractivity (Wildman–Crippen MR) is 87.1 cm³/mol. The average molecular weight is 309 g/mol. The van der Waals surface area contributed by atoms with Crippen molar-refractivity contribution in [3.05, 3.63) is 23.1 Å². The highest BCUT2D eigenvalue weighted by molar-refractivity contribution is 6.32. The molecule has 0 spiro atoms. The molecular weight excluding hydrogens is 288 g/mol. The van der Waals surface area contributed by atoms with Gasteiger partial charge in [0.1, 0.15) is 5.02 Å². The Morgan fingerprint density at radius 1 is 1.38 bits per heavy atom. The quantitative estimate of drug-likeness (QED) is 0.607. The van der Waals surface area contributed by atoms with Crippen molar-refractivity contribution in [1.29, 1.82) is 5.41 Å². The zero-order valence-corrected chi connectivity index (χ0v) is 12.9. The van der Waals surface area contributed by atoms with Gasteiger partial charge in [-0.05, 0) is 12.8 Å². The Hall–Kier alpha value is -1.82. The van der Waals surface area contributed by atoms with Crippen molar-refractivity contribution in [3.8, 4) is 0 Å². The fourth-order valence-electron chi connectivity index (χ4n) is 2.37. The van der Waals surface area contributed by atoms with Gasteiger partial charge in [0.2, 0.25) is 5.95 Å². The molecule has 0 unspecified atom stereocenters. The Kier molecular flexibility index (Phi) is 5.80. The summed E-state index contributed by atoms with van der Waals surface area (Å²) in [5.41, 5.74) is 0.573. The Labute approximate surface area is 129 Å². The van der Waals surface area contributed by atoms with Crippen molar-refractivity contribution in [1.82, 2.24) is 15.3 Å². The van der Waals surface area contributed by atoms with Gasteiger partial charge in [-0.15, -0.1) is 0 Å². The molecule has 6 nitrogen and oxygen atoms in total. The lowest BCUT2D eigenvalue weighted by Crippen LogP contribution is -2.23. The van der Waals surface area contributed by atoms with Gasteiger partial charge >= 0.3 is 0 Å². The number of rotatable bonds is 6. The van der Waals surface area contributed by atoms with Crippen LogP contribution in [0.1, 0.15) is 32.1 Å². The van der Waals surface area contributed by atoms with Gasteiger partial charge in [0.15, 0.2) is 5.82 Å². The molecule has 21 heavy (non-hydrogen) atoms. The largest absolute Gasteiger partial charge is 0.392 e. The second-order valence-corrected chi connectivity index (χ2v) is 5.43. The third-order valence-electron chi connectivity index (χ3n) is 3.40. The molecule has 0 amide bonds. The average Bonchev–Trinajstić information content (AvgIpc) is 2.51. The number of anilines is 2. The minimum Gasteiger partial charge on any atom is -0.392 e. The highest BCUT2D eigenvalue weighted by Crippen LogP contribution is 2.25. The van der Waals surface area contributed by atoms with Crippen molar-refractivity contribution in [2.75, 3.05) is 17.7 Å². The number of hydrogen-bond donors (Lipinski definition) is 4. The Morgan fingerprint density at radius 2 is 2.14 bits per heavy atom. The molecule has 0 atom stereocenters. The standard InChI is InChI=1S/C14H21ClN6/c1-17-8-11(7-16)20-14-18-9-12(15)13(21-14)19-10-5-3-2-4-6-10/h7-10,16-17H,2-6H2,1H3,(H2,18,19,20,21)/b11-8+,16-7?. The van der Waals surface area contributed by atoms with Crippen LogP contribution in [-0.2, 0) is 0 Å². The number of nitrogens with zero attached hydrogens (tertiary/aromatic N) is 2. The van der Waals surface area contributed by atoms with Crippen molar-refractivity contribution < 1.29 is 0 Å². The molecule has 1 aromatic rings. The fraction of sp³-hybridized carbons (Fsp3) is 0.500. The van der Waals surface area contributed by atoms with E-state index < -0.39 is 0 Å². The maximum atomic E-state index is 7.32. The van der Waals surface area contributed by atoms with E-state index in [0.29, 0.717) is 28.5 Å². The SMILES string of the molecule is CN/C=C(\C=N)Nc1ncc(Cl)c(NC2CCCCC2)n1. The van der Waals surface area contributed by atoms with Crippen molar-refractivity contribution in [2.45, 2.75) is 38.1 Å². The van der Waals surface area contributed by atoms with Gasteiger partial charge in [0.25, 0.3) is 0 Å². The molecule has 1 aromatic heterocycles. The first-order chi connectivity index (χ1) is 10.2. The second-order valence-electron chi connectivity index (χ2n) is 5.03. The number of nitrogens with one attached hydrogen (secondary N) is 4. The fourth-order valence-corrected chi connectivity index (χ4v) is 2.51. The number of allylic oxidation sites excluding steroid dienone is 1. The molecule has 0 bridgehead atoms. The van der Waals surface area contributed by atoms with E-state index >= 15 is 0 Å². The molecule has 1 fully saturated rings. The zero-order valence-electron chi connectivity index (χ0n) is 12.1. The van der Waals surface area contributed by atoms with Crippen LogP contribution >= 0.6 is 11.6 Å². The summed E-state index contributed by atoms with van der Waals surface area (Å²) in [6.45, 7) is 0. The summed E-state index contributed by atoms with van der Waals surface area (Å²) in [4.78, 5) is 8.54. The van der Waals surface area contributed by atoms with Crippen LogP contribution in [0.3, 0.4) is 0 Å². The topological polar surface area (TPSA) is 85.7 Å². The van der Waals surface area contributed by atoms with Crippen LogP contribution in [0, 0.1) is 5.41 Å². The molecule has 1 aliphatic carbocycles. The summed E-state index contributed by atoms with van der Waals surface area (Å²) in [6, 6.07) is 0.425. The van der Waals surface area contributed by atoms with E-state index in [1.54, 1.807) is 19.4 Å². The van der Waals surface area contributed by atoms with Crippen LogP contribution < -0.4 is 16.0 Å². The van der Waals surface area contributed by atoms with E-state index in [1.807, 2.05) is 0 Å². The molecule has 0 aliphatic heterocycles. The highest BCUT2D eigenvalue weighted by atomic mass is 35.5. The van der Waals surface area contributed by atoms with E-state index in [-0.39, 0.29) is 0 Å². The Balaban J connectivity index is 2.08. The van der Waals surface area contributed by atoms with Gasteiger partial charge < -0.3 is 21.4 Å². The van der Waals surface area contributed by atoms with Crippen molar-refractivity contribution in [3.63, 3.8) is 0 Å². The van der Waals surface area contributed by atoms with Crippen LogP contribution in [0.4, 0.5) is 11.8 Å². The lowest BCUT2D eigenvalue weighted by Gasteiger charge is -2.23. The molecular formula is C14H21ClN6. The number of halogens is 1. The summed E-state index contributed by atoms with van der Waals surface area (Å²) >= 11 is 6.16. The second kappa shape index (κ2) is 7.83. The van der Waals surface area contributed by atoms with Crippen molar-refractivity contribution in [2.24, 2.45) is 0 Å². The van der Waals surface area contributed by atoms with Crippen LogP contribution in [0.25, 0.3) is 0 Å². The number of hydrogen-bond acceptors (Lipinski definition) is 6. The van der Waals surface area contributed by atoms with E-state index in [9.17, 15) is 0 Å². The normalized spacial score (nSPS) is 16.4. The van der Waals surface area contributed by atoms with Gasteiger partial charge in [0, 0.05) is 25.5 Å². The first-order valence-electron chi connectivity index (χ1n) is 7.17. The molecule has 0 radical (unpaired) electrons. The highest BCUT2D eigenvalue weighted by Gasteiger charge is 2.15. The number of aromatic nitrogens is 2. The van der Waals surface area contributed by atoms with Crippen LogP contribution in [-0.4, -0.2) is 29.3 Å². The lowest BCUT2D eigenvalue weighted by atomic mass is 9.95. The zero-order chi connectivity index (χ0) is 15.1. The molecule has 0 saturated heterocycles. The minimum absolute atomic E-state index is 0.419. The monoisotopic (exact) mass is 308 g/mol. The summed E-state index contributed by atoms with van der Waals surface area (Å²) in [6.07, 6.45) is 10.5. The van der Waals surface area contributed by atoms with E-state index in [1.165, 1.54) is 25.5 Å². The van der Waals surface area contributed by atoms with Crippen LogP contribution in [0.2, 0.25) is 5.02 Å². The molecule has 1 aliphatic rings. The third-order valence-corrected chi connectivity index (χ3v) is 3.68. The van der Waals surface area contributed by atoms with Gasteiger partial charge in [-0.25, -0.2) is 4.98 Å². The lowest BCUT2D eigenvalue weighted by molar-refractivity contribution is 0.462. The van der Waals surface area contributed by atoms with E-state index in [4.69, 9.17) is 17.0 Å². The molecule has 114 valence electrons. The molecule has 4 N–H and O–H groups in total. The van der Waals surface area contributed by atoms with Gasteiger partial charge in [0.05, 0.1) is 11.9 Å². The Bertz CT molecular complexity index is 510. The maximum Gasteiger partial charge on any atom is 0.229 e. The first kappa shape index (κ1) is 15.6. The smallest absolute Gasteiger partial charge is 0.229 e. The Morgan fingerprint density at radius 3 is 2.81 bits per heavy atom. The van der Waals surface area contributed by atoms with Crippen LogP contribution in [0.15, 0.2) is 18.1 Å². The molecule has 7 heteroatoms. The van der Waals surface area contributed by atoms with Crippen molar-refractivity contribution >= 4 is 29.6 Å². The first-order valence-corrected chi connectivity index (χ1v) is 7.54. The molecule has 1 heterocycles. The summed E-state index contributed by atoms with van der Waals surface area (Å²) in [5.74, 6) is 1.07. The molecule has 1 saturated carbocycles. The molecule has 0 aromatic carbocycles. The van der Waals surface area contributed by atoms with Crippen LogP contribution in [0.5, 0.6) is 0 Å². The predicted octanol–water partition coefficient (Wildman–Crippen LogP) is 3.00. The van der Waals surface area contributed by atoms with Gasteiger partial charge in [-0.1, -0.05) is 30.9 Å².